The number of nitrogens with zero attached hydrogens (tertiary/aromatic N) is 3. The molecule has 0 atom stereocenters. The first-order valence-electron chi connectivity index (χ1n) is 5.95. The third kappa shape index (κ3) is 3.19. The van der Waals surface area contributed by atoms with Crippen LogP contribution in [-0.2, 0) is 9.47 Å². The first-order valence-corrected chi connectivity index (χ1v) is 5.95. The number of esters is 1. The number of methoxy groups -OCH3 is 1. The van der Waals surface area contributed by atoms with E-state index in [1.807, 2.05) is 0 Å². The summed E-state index contributed by atoms with van der Waals surface area (Å²) in [6.45, 7) is 2.19. The molecular formula is C11H14N4O5. The zero-order valence-electron chi connectivity index (χ0n) is 10.9. The van der Waals surface area contributed by atoms with Crippen molar-refractivity contribution >= 4 is 17.5 Å². The van der Waals surface area contributed by atoms with E-state index in [-0.39, 0.29) is 17.2 Å². The number of hydrogen-bond donors (Lipinski definition) is 1. The first-order chi connectivity index (χ1) is 9.61. The van der Waals surface area contributed by atoms with Crippen molar-refractivity contribution in [1.29, 1.82) is 0 Å². The predicted molar refractivity (Wildman–Crippen MR) is 68.2 cm³/mol. The molecule has 1 aromatic rings. The van der Waals surface area contributed by atoms with Crippen LogP contribution in [0.4, 0.5) is 11.5 Å². The van der Waals surface area contributed by atoms with Gasteiger partial charge in [0.15, 0.2) is 5.69 Å². The Bertz CT molecular complexity index is 516. The van der Waals surface area contributed by atoms with E-state index >= 15 is 0 Å². The van der Waals surface area contributed by atoms with Crippen LogP contribution in [0.1, 0.15) is 10.5 Å². The quantitative estimate of drug-likeness (QED) is 0.481. The van der Waals surface area contributed by atoms with E-state index in [1.165, 1.54) is 19.2 Å². The van der Waals surface area contributed by atoms with Gasteiger partial charge in [-0.05, 0) is 6.07 Å². The van der Waals surface area contributed by atoms with Gasteiger partial charge in [0.25, 0.3) is 0 Å². The fourth-order valence-electron chi connectivity index (χ4n) is 1.72. The number of hydrogen-bond acceptors (Lipinski definition) is 8. The Morgan fingerprint density at radius 2 is 2.20 bits per heavy atom. The van der Waals surface area contributed by atoms with Crippen LogP contribution in [0.3, 0.4) is 0 Å². The summed E-state index contributed by atoms with van der Waals surface area (Å²) in [5, 5.41) is 12.7. The van der Waals surface area contributed by atoms with E-state index in [0.29, 0.717) is 26.3 Å². The molecule has 0 radical (unpaired) electrons. The van der Waals surface area contributed by atoms with Crippen molar-refractivity contribution in [2.75, 3.05) is 38.8 Å². The average molecular weight is 282 g/mol. The number of hydrazine groups is 1. The third-order valence-corrected chi connectivity index (χ3v) is 2.74. The van der Waals surface area contributed by atoms with Gasteiger partial charge >= 0.3 is 11.7 Å². The summed E-state index contributed by atoms with van der Waals surface area (Å²) in [5.41, 5.74) is 2.65. The topological polar surface area (TPSA) is 107 Å². The number of anilines is 1. The molecule has 2 heterocycles. The van der Waals surface area contributed by atoms with Gasteiger partial charge in [0.1, 0.15) is 0 Å². The summed E-state index contributed by atoms with van der Waals surface area (Å²) in [5.74, 6) is -0.635. The fraction of sp³-hybridized carbons (Fsp3) is 0.455. The van der Waals surface area contributed by atoms with Crippen LogP contribution < -0.4 is 5.43 Å². The molecule has 0 saturated carbocycles. The Hall–Kier alpha value is -2.26. The van der Waals surface area contributed by atoms with Crippen molar-refractivity contribution in [3.63, 3.8) is 0 Å². The molecule has 9 nitrogen and oxygen atoms in total. The largest absolute Gasteiger partial charge is 0.464 e. The molecule has 0 aliphatic carbocycles. The van der Waals surface area contributed by atoms with E-state index in [1.54, 1.807) is 5.01 Å². The lowest BCUT2D eigenvalue weighted by Crippen LogP contribution is -2.40. The smallest absolute Gasteiger partial charge is 0.356 e. The van der Waals surface area contributed by atoms with Crippen LogP contribution in [0, 0.1) is 10.1 Å². The number of ether oxygens (including phenoxy) is 2. The van der Waals surface area contributed by atoms with E-state index in [4.69, 9.17) is 4.74 Å². The molecule has 1 saturated heterocycles. The number of nitro groups is 1. The first kappa shape index (κ1) is 14.2. The molecule has 0 bridgehead atoms. The zero-order chi connectivity index (χ0) is 14.5. The Kier molecular flexibility index (Phi) is 4.43. The fourth-order valence-corrected chi connectivity index (χ4v) is 1.72. The minimum Gasteiger partial charge on any atom is -0.464 e. The summed E-state index contributed by atoms with van der Waals surface area (Å²) in [6, 6.07) is 2.48. The number of rotatable bonds is 4. The molecule has 20 heavy (non-hydrogen) atoms. The lowest BCUT2D eigenvalue weighted by molar-refractivity contribution is -0.384. The van der Waals surface area contributed by atoms with Crippen LogP contribution in [0.25, 0.3) is 0 Å². The van der Waals surface area contributed by atoms with Gasteiger partial charge in [-0.2, -0.15) is 0 Å². The highest BCUT2D eigenvalue weighted by Gasteiger charge is 2.21. The molecule has 2 rings (SSSR count). The van der Waals surface area contributed by atoms with E-state index in [2.05, 4.69) is 15.1 Å². The third-order valence-electron chi connectivity index (χ3n) is 2.74. The lowest BCUT2D eigenvalue weighted by Gasteiger charge is -2.27. The van der Waals surface area contributed by atoms with Crippen molar-refractivity contribution in [3.05, 3.63) is 27.9 Å². The number of pyridine rings is 1. The summed E-state index contributed by atoms with van der Waals surface area (Å²) in [4.78, 5) is 25.8. The van der Waals surface area contributed by atoms with Gasteiger partial charge in [0.05, 0.1) is 25.2 Å². The minimum atomic E-state index is -0.648. The van der Waals surface area contributed by atoms with Gasteiger partial charge < -0.3 is 9.47 Å². The number of morpholine rings is 1. The number of nitrogens with one attached hydrogen (secondary N) is 1. The molecule has 0 unspecified atom stereocenters. The Morgan fingerprint density at radius 3 is 2.80 bits per heavy atom. The summed E-state index contributed by atoms with van der Waals surface area (Å²) in [6.07, 6.45) is 0. The molecule has 1 fully saturated rings. The minimum absolute atomic E-state index is 0.00820. The van der Waals surface area contributed by atoms with Crippen molar-refractivity contribution < 1.29 is 19.2 Å². The summed E-state index contributed by atoms with van der Waals surface area (Å²) < 4.78 is 9.73. The molecule has 1 aliphatic heterocycles. The van der Waals surface area contributed by atoms with E-state index < -0.39 is 10.9 Å². The molecule has 1 N–H and O–H groups in total. The van der Waals surface area contributed by atoms with Gasteiger partial charge in [-0.15, -0.1) is 0 Å². The van der Waals surface area contributed by atoms with Gasteiger partial charge in [-0.1, -0.05) is 0 Å². The normalized spacial score (nSPS) is 15.7. The Labute approximate surface area is 114 Å². The van der Waals surface area contributed by atoms with Crippen LogP contribution >= 0.6 is 0 Å². The van der Waals surface area contributed by atoms with Crippen LogP contribution in [0.15, 0.2) is 12.1 Å². The second-order valence-electron chi connectivity index (χ2n) is 4.02. The molecule has 9 heteroatoms. The average Bonchev–Trinajstić information content (AvgIpc) is 2.47. The predicted octanol–water partition coefficient (Wildman–Crippen LogP) is 0.435. The van der Waals surface area contributed by atoms with Gasteiger partial charge in [0, 0.05) is 19.2 Å². The second-order valence-corrected chi connectivity index (χ2v) is 4.02. The van der Waals surface area contributed by atoms with Crippen LogP contribution in [0.5, 0.6) is 0 Å². The van der Waals surface area contributed by atoms with Crippen molar-refractivity contribution in [3.8, 4) is 0 Å². The van der Waals surface area contributed by atoms with Crippen LogP contribution in [-0.4, -0.2) is 54.3 Å². The van der Waals surface area contributed by atoms with Crippen molar-refractivity contribution in [2.24, 2.45) is 0 Å². The summed E-state index contributed by atoms with van der Waals surface area (Å²) in [7, 11) is 1.22. The van der Waals surface area contributed by atoms with Crippen molar-refractivity contribution in [1.82, 2.24) is 9.99 Å². The summed E-state index contributed by atoms with van der Waals surface area (Å²) >= 11 is 0. The maximum absolute atomic E-state index is 11.4. The maximum Gasteiger partial charge on any atom is 0.356 e. The number of carbonyl (C=O) groups excluding carboxylic acids is 1. The van der Waals surface area contributed by atoms with Crippen molar-refractivity contribution in [2.45, 2.75) is 0 Å². The van der Waals surface area contributed by atoms with Gasteiger partial charge in [0.2, 0.25) is 5.82 Å². The second kappa shape index (κ2) is 6.26. The molecule has 0 spiro atoms. The molecule has 1 aliphatic rings. The maximum atomic E-state index is 11.4. The molecular weight excluding hydrogens is 268 g/mol. The lowest BCUT2D eigenvalue weighted by atomic mass is 10.3. The molecule has 0 aromatic carbocycles. The highest BCUT2D eigenvalue weighted by Crippen LogP contribution is 2.23. The Balaban J connectivity index is 2.26. The molecule has 0 amide bonds. The number of carbonyl (C=O) groups is 1. The zero-order valence-corrected chi connectivity index (χ0v) is 10.9. The highest BCUT2D eigenvalue weighted by atomic mass is 16.6. The molecule has 1 aromatic heterocycles. The molecule has 108 valence electrons. The highest BCUT2D eigenvalue weighted by molar-refractivity contribution is 5.88. The van der Waals surface area contributed by atoms with E-state index in [0.717, 1.165) is 0 Å². The monoisotopic (exact) mass is 282 g/mol. The van der Waals surface area contributed by atoms with E-state index in [9.17, 15) is 14.9 Å². The standard InChI is InChI=1S/C11H14N4O5/c1-19-11(16)8-2-3-9(15(17)18)10(12-8)13-14-4-6-20-7-5-14/h2-3H,4-7H2,1H3,(H,12,13). The Morgan fingerprint density at radius 1 is 1.50 bits per heavy atom. The SMILES string of the molecule is COC(=O)c1ccc([N+](=O)[O-])c(NN2CCOCC2)n1. The van der Waals surface area contributed by atoms with Crippen LogP contribution in [0.2, 0.25) is 0 Å². The number of aromatic nitrogens is 1. The van der Waals surface area contributed by atoms with Gasteiger partial charge in [-0.25, -0.2) is 14.8 Å². The van der Waals surface area contributed by atoms with Gasteiger partial charge in [-0.3, -0.25) is 15.5 Å².